The summed E-state index contributed by atoms with van der Waals surface area (Å²) >= 11 is 7.26. The molecule has 136 valence electrons. The molecule has 4 aromatic rings. The number of fused-ring (bicyclic) bond motifs is 1. The van der Waals surface area contributed by atoms with Gasteiger partial charge in [-0.25, -0.2) is 9.78 Å². The van der Waals surface area contributed by atoms with Crippen LogP contribution in [-0.2, 0) is 11.3 Å². The molecule has 0 unspecified atom stereocenters. The molecule has 4 rings (SSSR count). The molecule has 0 saturated carbocycles. The van der Waals surface area contributed by atoms with E-state index in [2.05, 4.69) is 10.3 Å². The number of oxazole rings is 1. The summed E-state index contributed by atoms with van der Waals surface area (Å²) in [6.45, 7) is 0.205. The van der Waals surface area contributed by atoms with Gasteiger partial charge in [0.15, 0.2) is 10.7 Å². The van der Waals surface area contributed by atoms with Crippen LogP contribution in [0.25, 0.3) is 22.4 Å². The number of aromatic nitrogens is 2. The highest BCUT2D eigenvalue weighted by molar-refractivity contribution is 7.14. The number of thiazole rings is 1. The molecule has 2 aromatic heterocycles. The van der Waals surface area contributed by atoms with Crippen molar-refractivity contribution in [2.75, 3.05) is 5.32 Å². The topological polar surface area (TPSA) is 77.1 Å². The molecule has 1 N–H and O–H groups in total. The van der Waals surface area contributed by atoms with E-state index in [1.54, 1.807) is 18.2 Å². The van der Waals surface area contributed by atoms with Gasteiger partial charge in [0.2, 0.25) is 5.91 Å². The molecule has 2 heterocycles. The van der Waals surface area contributed by atoms with Crippen molar-refractivity contribution >= 4 is 45.1 Å². The number of nitrogens with one attached hydrogen (secondary N) is 1. The van der Waals surface area contributed by atoms with Gasteiger partial charge in [0, 0.05) is 35.0 Å². The maximum atomic E-state index is 12.2. The zero-order valence-electron chi connectivity index (χ0n) is 14.0. The van der Waals surface area contributed by atoms with Gasteiger partial charge < -0.3 is 9.73 Å². The number of hydrogen-bond donors (Lipinski definition) is 1. The van der Waals surface area contributed by atoms with Crippen LogP contribution in [0.5, 0.6) is 0 Å². The van der Waals surface area contributed by atoms with Gasteiger partial charge >= 0.3 is 5.76 Å². The molecule has 0 radical (unpaired) electrons. The van der Waals surface area contributed by atoms with Crippen LogP contribution in [-0.4, -0.2) is 15.5 Å². The first-order valence-electron chi connectivity index (χ1n) is 8.20. The zero-order chi connectivity index (χ0) is 18.8. The van der Waals surface area contributed by atoms with Gasteiger partial charge in [0.25, 0.3) is 0 Å². The minimum Gasteiger partial charge on any atom is -0.408 e. The lowest BCUT2D eigenvalue weighted by Crippen LogP contribution is -2.19. The van der Waals surface area contributed by atoms with Crippen molar-refractivity contribution in [2.45, 2.75) is 13.0 Å². The molecular formula is C19H14ClN3O3S. The first-order chi connectivity index (χ1) is 13.1. The van der Waals surface area contributed by atoms with E-state index in [-0.39, 0.29) is 18.9 Å². The number of halogens is 1. The lowest BCUT2D eigenvalue weighted by molar-refractivity contribution is -0.116. The molecule has 1 amide bonds. The first-order valence-corrected chi connectivity index (χ1v) is 9.45. The standard InChI is InChI=1S/C19H14ClN3O3S/c20-13-6-7-15-16(10-13)26-19(25)23(15)9-8-17(24)22-18-21-14(11-27-18)12-4-2-1-3-5-12/h1-7,10-11H,8-9H2,(H,21,22,24). The van der Waals surface area contributed by atoms with Crippen molar-refractivity contribution in [1.82, 2.24) is 9.55 Å². The fraction of sp³-hybridized carbons (Fsp3) is 0.105. The van der Waals surface area contributed by atoms with Crippen molar-refractivity contribution in [3.63, 3.8) is 0 Å². The Kier molecular flexibility index (Phi) is 4.79. The predicted octanol–water partition coefficient (Wildman–Crippen LogP) is 4.40. The molecule has 0 aliphatic carbocycles. The van der Waals surface area contributed by atoms with Gasteiger partial charge in [-0.2, -0.15) is 0 Å². The number of aryl methyl sites for hydroxylation is 1. The Hall–Kier alpha value is -2.90. The Bertz CT molecular complexity index is 1160. The van der Waals surface area contributed by atoms with E-state index in [1.807, 2.05) is 35.7 Å². The third-order valence-corrected chi connectivity index (χ3v) is 5.01. The molecule has 27 heavy (non-hydrogen) atoms. The van der Waals surface area contributed by atoms with Crippen LogP contribution in [0.1, 0.15) is 6.42 Å². The van der Waals surface area contributed by atoms with E-state index in [1.165, 1.54) is 15.9 Å². The van der Waals surface area contributed by atoms with Gasteiger partial charge in [0.05, 0.1) is 11.2 Å². The smallest absolute Gasteiger partial charge is 0.408 e. The van der Waals surface area contributed by atoms with Crippen LogP contribution in [0.3, 0.4) is 0 Å². The van der Waals surface area contributed by atoms with E-state index in [0.29, 0.717) is 21.3 Å². The molecule has 0 saturated heterocycles. The summed E-state index contributed by atoms with van der Waals surface area (Å²) in [6.07, 6.45) is 0.122. The minimum atomic E-state index is -0.513. The molecule has 0 bridgehead atoms. The maximum Gasteiger partial charge on any atom is 0.419 e. The minimum absolute atomic E-state index is 0.122. The first kappa shape index (κ1) is 17.5. The third kappa shape index (κ3) is 3.79. The normalized spacial score (nSPS) is 11.0. The number of hydrogen-bond acceptors (Lipinski definition) is 5. The molecule has 0 aliphatic rings. The van der Waals surface area contributed by atoms with Gasteiger partial charge in [-0.05, 0) is 12.1 Å². The zero-order valence-corrected chi connectivity index (χ0v) is 15.6. The average molecular weight is 400 g/mol. The third-order valence-electron chi connectivity index (χ3n) is 4.01. The number of carbonyl (C=O) groups is 1. The van der Waals surface area contributed by atoms with Gasteiger partial charge in [-0.3, -0.25) is 9.36 Å². The highest BCUT2D eigenvalue weighted by atomic mass is 35.5. The van der Waals surface area contributed by atoms with Crippen LogP contribution < -0.4 is 11.1 Å². The van der Waals surface area contributed by atoms with Crippen LogP contribution in [0, 0.1) is 0 Å². The number of nitrogens with zero attached hydrogens (tertiary/aromatic N) is 2. The highest BCUT2D eigenvalue weighted by Crippen LogP contribution is 2.24. The van der Waals surface area contributed by atoms with Crippen LogP contribution in [0.15, 0.2) is 63.1 Å². The second-order valence-corrected chi connectivity index (χ2v) is 7.13. The molecule has 8 heteroatoms. The fourth-order valence-electron chi connectivity index (χ4n) is 2.72. The quantitative estimate of drug-likeness (QED) is 0.539. The molecule has 0 aliphatic heterocycles. The number of carbonyl (C=O) groups excluding carboxylic acids is 1. The largest absolute Gasteiger partial charge is 0.419 e. The number of amides is 1. The summed E-state index contributed by atoms with van der Waals surface area (Å²) in [5.41, 5.74) is 2.81. The molecule has 2 aromatic carbocycles. The Labute approximate surface area is 163 Å². The lowest BCUT2D eigenvalue weighted by atomic mass is 10.2. The lowest BCUT2D eigenvalue weighted by Gasteiger charge is -2.03. The van der Waals surface area contributed by atoms with Gasteiger partial charge in [0.1, 0.15) is 0 Å². The summed E-state index contributed by atoms with van der Waals surface area (Å²) in [5, 5.41) is 5.67. The number of anilines is 1. The Morgan fingerprint density at radius 2 is 2.04 bits per heavy atom. The van der Waals surface area contributed by atoms with Crippen molar-refractivity contribution in [2.24, 2.45) is 0 Å². The van der Waals surface area contributed by atoms with Crippen LogP contribution >= 0.6 is 22.9 Å². The van der Waals surface area contributed by atoms with Gasteiger partial charge in [-0.15, -0.1) is 11.3 Å². The second kappa shape index (κ2) is 7.38. The fourth-order valence-corrected chi connectivity index (χ4v) is 3.62. The Morgan fingerprint density at radius 1 is 1.22 bits per heavy atom. The van der Waals surface area contributed by atoms with E-state index in [4.69, 9.17) is 16.0 Å². The summed E-state index contributed by atoms with van der Waals surface area (Å²) < 4.78 is 6.58. The van der Waals surface area contributed by atoms with Crippen LogP contribution in [0.2, 0.25) is 5.02 Å². The van der Waals surface area contributed by atoms with Crippen LogP contribution in [0.4, 0.5) is 5.13 Å². The summed E-state index contributed by atoms with van der Waals surface area (Å²) in [4.78, 5) is 28.7. The van der Waals surface area contributed by atoms with Crippen molar-refractivity contribution in [1.29, 1.82) is 0 Å². The summed E-state index contributed by atoms with van der Waals surface area (Å²) in [6, 6.07) is 14.7. The molecule has 6 nitrogen and oxygen atoms in total. The summed E-state index contributed by atoms with van der Waals surface area (Å²) in [7, 11) is 0. The second-order valence-electron chi connectivity index (χ2n) is 5.83. The summed E-state index contributed by atoms with van der Waals surface area (Å²) in [5.74, 6) is -0.736. The van der Waals surface area contributed by atoms with E-state index < -0.39 is 5.76 Å². The SMILES string of the molecule is O=C(CCn1c(=O)oc2cc(Cl)ccc21)Nc1nc(-c2ccccc2)cs1. The predicted molar refractivity (Wildman–Crippen MR) is 106 cm³/mol. The number of benzene rings is 2. The molecule has 0 atom stereocenters. The number of rotatable bonds is 5. The highest BCUT2D eigenvalue weighted by Gasteiger charge is 2.12. The Balaban J connectivity index is 1.43. The van der Waals surface area contributed by atoms with Crippen molar-refractivity contribution in [3.8, 4) is 11.3 Å². The molecule has 0 spiro atoms. The van der Waals surface area contributed by atoms with E-state index in [0.717, 1.165) is 11.3 Å². The molecule has 0 fully saturated rings. The van der Waals surface area contributed by atoms with Crippen molar-refractivity contribution < 1.29 is 9.21 Å². The van der Waals surface area contributed by atoms with E-state index in [9.17, 15) is 9.59 Å². The average Bonchev–Trinajstić information content (AvgIpc) is 3.24. The Morgan fingerprint density at radius 3 is 2.85 bits per heavy atom. The molecular weight excluding hydrogens is 386 g/mol. The van der Waals surface area contributed by atoms with Gasteiger partial charge in [-0.1, -0.05) is 41.9 Å². The monoisotopic (exact) mass is 399 g/mol. The van der Waals surface area contributed by atoms with E-state index >= 15 is 0 Å². The maximum absolute atomic E-state index is 12.2. The van der Waals surface area contributed by atoms with Crippen molar-refractivity contribution in [3.05, 3.63) is 69.5 Å².